The Hall–Kier alpha value is -4.66. The second kappa shape index (κ2) is 9.27. The highest BCUT2D eigenvalue weighted by Crippen LogP contribution is 2.39. The lowest BCUT2D eigenvalue weighted by Gasteiger charge is -2.18. The van der Waals surface area contributed by atoms with Gasteiger partial charge in [0, 0.05) is 5.56 Å². The van der Waals surface area contributed by atoms with Gasteiger partial charge in [0.1, 0.15) is 11.3 Å². The molecule has 1 aromatic heterocycles. The van der Waals surface area contributed by atoms with Crippen molar-refractivity contribution in [3.05, 3.63) is 99.5 Å². The first-order valence-electron chi connectivity index (χ1n) is 11.6. The molecule has 1 aliphatic heterocycles. The molecule has 0 aliphatic carbocycles. The minimum Gasteiger partial charge on any atom is -0.495 e. The zero-order chi connectivity index (χ0) is 27.4. The highest BCUT2D eigenvalue weighted by atomic mass is 35.5. The number of aromatic carboxylic acids is 1. The van der Waals surface area contributed by atoms with Gasteiger partial charge in [0.15, 0.2) is 5.58 Å². The van der Waals surface area contributed by atoms with Crippen LogP contribution in [0, 0.1) is 0 Å². The summed E-state index contributed by atoms with van der Waals surface area (Å²) in [5, 5.41) is 10.2. The number of benzene rings is 4. The lowest BCUT2D eigenvalue weighted by molar-refractivity contribution is 0.0696. The maximum absolute atomic E-state index is 13.3. The molecule has 39 heavy (non-hydrogen) atoms. The van der Waals surface area contributed by atoms with Gasteiger partial charge in [0.05, 0.1) is 39.5 Å². The van der Waals surface area contributed by atoms with Crippen molar-refractivity contribution in [2.75, 3.05) is 12.0 Å². The van der Waals surface area contributed by atoms with Crippen molar-refractivity contribution >= 4 is 57.8 Å². The molecule has 2 heterocycles. The lowest BCUT2D eigenvalue weighted by Crippen LogP contribution is -2.29. The minimum absolute atomic E-state index is 0.00375. The minimum atomic E-state index is -1.20. The van der Waals surface area contributed by atoms with Gasteiger partial charge < -0.3 is 14.3 Å². The average Bonchev–Trinajstić information content (AvgIpc) is 3.47. The van der Waals surface area contributed by atoms with Crippen molar-refractivity contribution in [3.8, 4) is 28.3 Å². The van der Waals surface area contributed by atoms with Gasteiger partial charge >= 0.3 is 5.97 Å². The smallest absolute Gasteiger partial charge is 0.335 e. The maximum atomic E-state index is 13.3. The van der Waals surface area contributed by atoms with Gasteiger partial charge in [-0.1, -0.05) is 35.3 Å². The zero-order valence-corrected chi connectivity index (χ0v) is 21.6. The molecular formula is C29H16Cl2N2O6. The Labute approximate surface area is 231 Å². The Morgan fingerprint density at radius 3 is 2.31 bits per heavy atom. The zero-order valence-electron chi connectivity index (χ0n) is 20.1. The van der Waals surface area contributed by atoms with E-state index in [9.17, 15) is 19.5 Å². The van der Waals surface area contributed by atoms with Crippen LogP contribution in [-0.2, 0) is 0 Å². The third-order valence-electron chi connectivity index (χ3n) is 6.44. The number of anilines is 1. The number of ether oxygens (including phenoxy) is 1. The summed E-state index contributed by atoms with van der Waals surface area (Å²) in [6.07, 6.45) is 0. The molecule has 0 radical (unpaired) electrons. The van der Waals surface area contributed by atoms with Crippen molar-refractivity contribution in [1.29, 1.82) is 0 Å². The van der Waals surface area contributed by atoms with E-state index in [1.165, 1.54) is 25.3 Å². The molecule has 2 amide bonds. The van der Waals surface area contributed by atoms with Crippen molar-refractivity contribution in [2.24, 2.45) is 0 Å². The number of aromatic nitrogens is 1. The molecular weight excluding hydrogens is 543 g/mol. The topological polar surface area (TPSA) is 110 Å². The van der Waals surface area contributed by atoms with E-state index in [4.69, 9.17) is 32.4 Å². The van der Waals surface area contributed by atoms with Crippen LogP contribution in [-0.4, -0.2) is 35.0 Å². The molecule has 6 rings (SSSR count). The van der Waals surface area contributed by atoms with Gasteiger partial charge in [-0.2, -0.15) is 0 Å². The Morgan fingerprint density at radius 1 is 0.846 bits per heavy atom. The number of rotatable bonds is 5. The van der Waals surface area contributed by atoms with E-state index in [0.29, 0.717) is 26.7 Å². The summed E-state index contributed by atoms with van der Waals surface area (Å²) in [5.41, 5.74) is 3.54. The summed E-state index contributed by atoms with van der Waals surface area (Å²) in [6, 6.07) is 19.6. The molecule has 0 fully saturated rings. The van der Waals surface area contributed by atoms with E-state index in [1.54, 1.807) is 36.4 Å². The van der Waals surface area contributed by atoms with Crippen molar-refractivity contribution in [2.45, 2.75) is 0 Å². The van der Waals surface area contributed by atoms with Crippen LogP contribution in [0.5, 0.6) is 5.75 Å². The Bertz CT molecular complexity index is 1860. The third kappa shape index (κ3) is 4.10. The summed E-state index contributed by atoms with van der Waals surface area (Å²) in [5.74, 6) is -1.91. The summed E-state index contributed by atoms with van der Waals surface area (Å²) < 4.78 is 11.4. The molecule has 0 spiro atoms. The quantitative estimate of drug-likeness (QED) is 0.232. The molecule has 0 atom stereocenters. The van der Waals surface area contributed by atoms with Gasteiger partial charge in [-0.15, -0.1) is 0 Å². The van der Waals surface area contributed by atoms with Crippen LogP contribution in [0.2, 0.25) is 10.0 Å². The molecule has 10 heteroatoms. The second-order valence-corrected chi connectivity index (χ2v) is 9.54. The summed E-state index contributed by atoms with van der Waals surface area (Å²) >= 11 is 12.2. The largest absolute Gasteiger partial charge is 0.495 e. The average molecular weight is 559 g/mol. The number of imide groups is 1. The fourth-order valence-corrected chi connectivity index (χ4v) is 4.79. The predicted octanol–water partition coefficient (Wildman–Crippen LogP) is 6.98. The standard InChI is InChI=1S/C29H16Cl2N2O6/c1-38-25-9-5-16(13-23(25)33-27(34)18-6-2-17(29(36)37)10-19(18)28(33)35)26-32-22-12-15(4-8-24(22)39-26)14-3-7-20(30)21(31)11-14/h2-13H,1H3,(H,36,37). The third-order valence-corrected chi connectivity index (χ3v) is 7.18. The first kappa shape index (κ1) is 24.7. The van der Waals surface area contributed by atoms with Crippen LogP contribution < -0.4 is 9.64 Å². The van der Waals surface area contributed by atoms with Crippen molar-refractivity contribution < 1.29 is 28.6 Å². The number of carboxylic acids is 1. The van der Waals surface area contributed by atoms with Gasteiger partial charge in [-0.3, -0.25) is 9.59 Å². The van der Waals surface area contributed by atoms with Crippen LogP contribution in [0.3, 0.4) is 0 Å². The molecule has 1 aliphatic rings. The number of hydrogen-bond acceptors (Lipinski definition) is 6. The molecule has 1 N–H and O–H groups in total. The number of hydrogen-bond donors (Lipinski definition) is 1. The fraction of sp³-hybridized carbons (Fsp3) is 0.0345. The first-order valence-corrected chi connectivity index (χ1v) is 12.3. The summed E-state index contributed by atoms with van der Waals surface area (Å²) in [7, 11) is 1.42. The normalized spacial score (nSPS) is 12.7. The number of halogens is 2. The summed E-state index contributed by atoms with van der Waals surface area (Å²) in [6.45, 7) is 0. The van der Waals surface area contributed by atoms with E-state index in [0.717, 1.165) is 16.0 Å². The Kier molecular flexibility index (Phi) is 5.86. The van der Waals surface area contributed by atoms with E-state index < -0.39 is 17.8 Å². The number of carbonyl (C=O) groups is 3. The van der Waals surface area contributed by atoms with Crippen LogP contribution in [0.4, 0.5) is 5.69 Å². The Balaban J connectivity index is 1.40. The monoisotopic (exact) mass is 558 g/mol. The number of carbonyl (C=O) groups excluding carboxylic acids is 2. The molecule has 0 bridgehead atoms. The van der Waals surface area contributed by atoms with Crippen LogP contribution >= 0.6 is 23.2 Å². The molecule has 4 aromatic carbocycles. The molecule has 5 aromatic rings. The van der Waals surface area contributed by atoms with Crippen molar-refractivity contribution in [3.63, 3.8) is 0 Å². The number of nitrogens with zero attached hydrogens (tertiary/aromatic N) is 2. The second-order valence-electron chi connectivity index (χ2n) is 8.73. The molecule has 192 valence electrons. The van der Waals surface area contributed by atoms with Gasteiger partial charge in [0.2, 0.25) is 5.89 Å². The van der Waals surface area contributed by atoms with Gasteiger partial charge in [0.25, 0.3) is 11.8 Å². The van der Waals surface area contributed by atoms with E-state index in [-0.39, 0.29) is 34.0 Å². The molecule has 0 unspecified atom stereocenters. The fourth-order valence-electron chi connectivity index (χ4n) is 4.50. The molecule has 0 saturated heterocycles. The molecule has 0 saturated carbocycles. The lowest BCUT2D eigenvalue weighted by atomic mass is 10.1. The number of amides is 2. The van der Waals surface area contributed by atoms with Gasteiger partial charge in [-0.05, 0) is 71.8 Å². The molecule has 8 nitrogen and oxygen atoms in total. The predicted molar refractivity (Wildman–Crippen MR) is 146 cm³/mol. The maximum Gasteiger partial charge on any atom is 0.335 e. The number of methoxy groups -OCH3 is 1. The number of carboxylic acid groups (broad SMARTS) is 1. The highest BCUT2D eigenvalue weighted by Gasteiger charge is 2.39. The van der Waals surface area contributed by atoms with Crippen LogP contribution in [0.1, 0.15) is 31.1 Å². The number of oxazole rings is 1. The highest BCUT2D eigenvalue weighted by molar-refractivity contribution is 6.42. The van der Waals surface area contributed by atoms with Crippen LogP contribution in [0.15, 0.2) is 77.2 Å². The van der Waals surface area contributed by atoms with E-state index >= 15 is 0 Å². The first-order chi connectivity index (χ1) is 18.7. The van der Waals surface area contributed by atoms with E-state index in [2.05, 4.69) is 4.98 Å². The Morgan fingerprint density at radius 2 is 1.56 bits per heavy atom. The van der Waals surface area contributed by atoms with Crippen molar-refractivity contribution in [1.82, 2.24) is 4.98 Å². The van der Waals surface area contributed by atoms with Crippen LogP contribution in [0.25, 0.3) is 33.7 Å². The summed E-state index contributed by atoms with van der Waals surface area (Å²) in [4.78, 5) is 43.4. The van der Waals surface area contributed by atoms with Gasteiger partial charge in [-0.25, -0.2) is 14.7 Å². The van der Waals surface area contributed by atoms with E-state index in [1.807, 2.05) is 18.2 Å². The number of fused-ring (bicyclic) bond motifs is 2. The SMILES string of the molecule is COc1ccc(-c2nc3cc(-c4ccc(Cl)c(Cl)c4)ccc3o2)cc1N1C(=O)c2ccc(C(=O)O)cc2C1=O.